The van der Waals surface area contributed by atoms with Gasteiger partial charge in [-0.05, 0) is 25.2 Å². The molecule has 0 aromatic rings. The van der Waals surface area contributed by atoms with Crippen molar-refractivity contribution in [2.24, 2.45) is 5.92 Å². The summed E-state index contributed by atoms with van der Waals surface area (Å²) in [5.74, 6) is 0.180. The number of carbonyl (C=O) groups excluding carboxylic acids is 1. The highest BCUT2D eigenvalue weighted by Gasteiger charge is 2.28. The molecule has 0 heterocycles. The van der Waals surface area contributed by atoms with Crippen molar-refractivity contribution < 1.29 is 25.2 Å². The zero-order chi connectivity index (χ0) is 36.2. The van der Waals surface area contributed by atoms with E-state index in [-0.39, 0.29) is 6.42 Å². The predicted molar refractivity (Wildman–Crippen MR) is 210 cm³/mol. The summed E-state index contributed by atoms with van der Waals surface area (Å²) in [6.07, 6.45) is 38.3. The van der Waals surface area contributed by atoms with Crippen LogP contribution in [0.25, 0.3) is 0 Å². The highest BCUT2D eigenvalue weighted by molar-refractivity contribution is 5.81. The molecule has 0 aliphatic rings. The third-order valence-corrected chi connectivity index (χ3v) is 10.2. The number of unbranched alkanes of at least 4 members (excludes halogenated alkanes) is 26. The van der Waals surface area contributed by atoms with Gasteiger partial charge in [-0.1, -0.05) is 206 Å². The average Bonchev–Trinajstić information content (AvgIpc) is 3.09. The van der Waals surface area contributed by atoms with Gasteiger partial charge in [0.25, 0.3) is 0 Å². The van der Waals surface area contributed by atoms with E-state index in [0.717, 1.165) is 38.0 Å². The van der Waals surface area contributed by atoms with Crippen molar-refractivity contribution in [2.45, 2.75) is 244 Å². The molecule has 4 atom stereocenters. The van der Waals surface area contributed by atoms with Gasteiger partial charge in [0.1, 0.15) is 12.2 Å². The van der Waals surface area contributed by atoms with Gasteiger partial charge in [0.15, 0.2) is 0 Å². The second-order valence-electron chi connectivity index (χ2n) is 15.5. The van der Waals surface area contributed by atoms with Gasteiger partial charge < -0.3 is 25.7 Å². The molecule has 0 saturated carbocycles. The Balaban J connectivity index is 3.76. The molecule has 6 heteroatoms. The second-order valence-corrected chi connectivity index (χ2v) is 15.5. The highest BCUT2D eigenvalue weighted by atomic mass is 16.3. The van der Waals surface area contributed by atoms with Crippen LogP contribution in [0.2, 0.25) is 0 Å². The Bertz CT molecular complexity index is 714. The van der Waals surface area contributed by atoms with Crippen LogP contribution in [0.15, 0.2) is 12.2 Å². The second kappa shape index (κ2) is 36.8. The number of allylic oxidation sites excluding steroid dienone is 1. The summed E-state index contributed by atoms with van der Waals surface area (Å²) in [6.45, 7) is 6.36. The van der Waals surface area contributed by atoms with Gasteiger partial charge in [-0.15, -0.1) is 0 Å². The van der Waals surface area contributed by atoms with Crippen LogP contribution < -0.4 is 5.32 Å². The van der Waals surface area contributed by atoms with Crippen molar-refractivity contribution in [3.8, 4) is 0 Å². The standard InChI is InChI=1S/C43H85NO5/c1-4-5-6-7-8-9-10-11-12-13-14-15-16-17-18-19-24-27-30-33-36-41(47)43(49)44-39(37-45)42(48)40(46)35-32-29-26-23-21-20-22-25-28-31-34-38(2)3/h30,33,38-42,45-48H,4-29,31-32,34-37H2,1-3H3,(H,44,49). The van der Waals surface area contributed by atoms with Gasteiger partial charge in [-0.2, -0.15) is 0 Å². The van der Waals surface area contributed by atoms with Gasteiger partial charge >= 0.3 is 0 Å². The fourth-order valence-electron chi connectivity index (χ4n) is 6.71. The number of aliphatic hydroxyl groups is 4. The molecule has 0 aromatic carbocycles. The van der Waals surface area contributed by atoms with E-state index in [9.17, 15) is 25.2 Å². The lowest BCUT2D eigenvalue weighted by Gasteiger charge is -2.27. The molecule has 292 valence electrons. The fourth-order valence-corrected chi connectivity index (χ4v) is 6.71. The monoisotopic (exact) mass is 696 g/mol. The van der Waals surface area contributed by atoms with Crippen LogP contribution in [0.5, 0.6) is 0 Å². The lowest BCUT2D eigenvalue weighted by Crippen LogP contribution is -2.53. The maximum Gasteiger partial charge on any atom is 0.249 e. The molecular formula is C43H85NO5. The van der Waals surface area contributed by atoms with Crippen molar-refractivity contribution in [3.05, 3.63) is 12.2 Å². The fraction of sp³-hybridized carbons (Fsp3) is 0.930. The lowest BCUT2D eigenvalue weighted by molar-refractivity contribution is -0.132. The Labute approximate surface area is 304 Å². The molecule has 5 N–H and O–H groups in total. The third-order valence-electron chi connectivity index (χ3n) is 10.2. The van der Waals surface area contributed by atoms with E-state index in [1.54, 1.807) is 0 Å². The summed E-state index contributed by atoms with van der Waals surface area (Å²) in [6, 6.07) is -1.00. The molecule has 49 heavy (non-hydrogen) atoms. The first-order valence-corrected chi connectivity index (χ1v) is 21.4. The number of aliphatic hydroxyl groups excluding tert-OH is 4. The minimum Gasteiger partial charge on any atom is -0.394 e. The van der Waals surface area contributed by atoms with Gasteiger partial charge in [0.2, 0.25) is 5.91 Å². The lowest BCUT2D eigenvalue weighted by atomic mass is 9.99. The summed E-state index contributed by atoms with van der Waals surface area (Å²) in [5, 5.41) is 43.5. The smallest absolute Gasteiger partial charge is 0.249 e. The number of carbonyl (C=O) groups is 1. The number of nitrogens with one attached hydrogen (secondary N) is 1. The normalized spacial score (nSPS) is 14.4. The zero-order valence-corrected chi connectivity index (χ0v) is 32.9. The molecule has 1 amide bonds. The Morgan fingerprint density at radius 3 is 1.35 bits per heavy atom. The number of rotatable bonds is 38. The SMILES string of the molecule is CCCCCCCCCCCCCCCCCCCC=CCC(O)C(=O)NC(CO)C(O)C(O)CCCCCCCCCCCCC(C)C. The Morgan fingerprint density at radius 2 is 0.939 bits per heavy atom. The predicted octanol–water partition coefficient (Wildman–Crippen LogP) is 10.9. The summed E-state index contributed by atoms with van der Waals surface area (Å²) < 4.78 is 0. The minimum absolute atomic E-state index is 0.194. The van der Waals surface area contributed by atoms with E-state index >= 15 is 0 Å². The molecule has 0 spiro atoms. The Morgan fingerprint density at radius 1 is 0.551 bits per heavy atom. The first-order chi connectivity index (χ1) is 23.8. The first-order valence-electron chi connectivity index (χ1n) is 21.4. The molecule has 0 fully saturated rings. The Kier molecular flexibility index (Phi) is 36.1. The Hall–Kier alpha value is -0.950. The molecule has 0 bridgehead atoms. The summed E-state index contributed by atoms with van der Waals surface area (Å²) >= 11 is 0. The van der Waals surface area contributed by atoms with Crippen LogP contribution in [-0.4, -0.2) is 57.3 Å². The number of hydrogen-bond donors (Lipinski definition) is 5. The summed E-state index contributed by atoms with van der Waals surface area (Å²) in [5.41, 5.74) is 0. The summed E-state index contributed by atoms with van der Waals surface area (Å²) in [7, 11) is 0. The minimum atomic E-state index is -1.27. The van der Waals surface area contributed by atoms with E-state index in [0.29, 0.717) is 6.42 Å². The molecule has 0 radical (unpaired) electrons. The van der Waals surface area contributed by atoms with Crippen LogP contribution in [-0.2, 0) is 4.79 Å². The van der Waals surface area contributed by atoms with Crippen molar-refractivity contribution in [1.29, 1.82) is 0 Å². The number of hydrogen-bond acceptors (Lipinski definition) is 5. The van der Waals surface area contributed by atoms with Crippen molar-refractivity contribution >= 4 is 5.91 Å². The first kappa shape index (κ1) is 48.0. The van der Waals surface area contributed by atoms with Gasteiger partial charge in [0, 0.05) is 6.42 Å². The van der Waals surface area contributed by atoms with E-state index < -0.39 is 36.9 Å². The van der Waals surface area contributed by atoms with Crippen LogP contribution in [0.1, 0.15) is 220 Å². The molecule has 0 aromatic heterocycles. The van der Waals surface area contributed by atoms with Crippen LogP contribution in [0.3, 0.4) is 0 Å². The average molecular weight is 696 g/mol. The molecule has 4 unspecified atom stereocenters. The van der Waals surface area contributed by atoms with Crippen molar-refractivity contribution in [3.63, 3.8) is 0 Å². The maximum atomic E-state index is 12.5. The van der Waals surface area contributed by atoms with E-state index in [2.05, 4.69) is 26.1 Å². The summed E-state index contributed by atoms with van der Waals surface area (Å²) in [4.78, 5) is 12.5. The van der Waals surface area contributed by atoms with E-state index in [1.165, 1.54) is 154 Å². The van der Waals surface area contributed by atoms with Crippen LogP contribution >= 0.6 is 0 Å². The van der Waals surface area contributed by atoms with Crippen molar-refractivity contribution in [2.75, 3.05) is 6.61 Å². The van der Waals surface area contributed by atoms with E-state index in [4.69, 9.17) is 0 Å². The maximum absolute atomic E-state index is 12.5. The molecule has 0 rings (SSSR count). The molecule has 0 aliphatic heterocycles. The topological polar surface area (TPSA) is 110 Å². The molecule has 0 saturated heterocycles. The number of amides is 1. The highest BCUT2D eigenvalue weighted by Crippen LogP contribution is 2.17. The van der Waals surface area contributed by atoms with Gasteiger partial charge in [-0.3, -0.25) is 4.79 Å². The third kappa shape index (κ3) is 32.7. The zero-order valence-electron chi connectivity index (χ0n) is 32.9. The molecule has 0 aliphatic carbocycles. The van der Waals surface area contributed by atoms with Gasteiger partial charge in [0.05, 0.1) is 18.8 Å². The van der Waals surface area contributed by atoms with Crippen LogP contribution in [0.4, 0.5) is 0 Å². The molecule has 6 nitrogen and oxygen atoms in total. The quantitative estimate of drug-likeness (QED) is 0.0326. The van der Waals surface area contributed by atoms with Gasteiger partial charge in [-0.25, -0.2) is 0 Å². The van der Waals surface area contributed by atoms with Crippen LogP contribution in [0, 0.1) is 5.92 Å². The largest absolute Gasteiger partial charge is 0.394 e. The molecular weight excluding hydrogens is 610 g/mol. The van der Waals surface area contributed by atoms with E-state index in [1.807, 2.05) is 12.2 Å². The van der Waals surface area contributed by atoms with Crippen molar-refractivity contribution in [1.82, 2.24) is 5.32 Å².